The van der Waals surface area contributed by atoms with Gasteiger partial charge in [0.2, 0.25) is 0 Å². The Bertz CT molecular complexity index is 747. The maximum Gasteiger partial charge on any atom is 0.522 e. The molecule has 2 fully saturated rings. The van der Waals surface area contributed by atoms with Crippen LogP contribution in [0.2, 0.25) is 5.02 Å². The van der Waals surface area contributed by atoms with Crippen molar-refractivity contribution in [1.29, 1.82) is 0 Å². The van der Waals surface area contributed by atoms with Gasteiger partial charge in [0.15, 0.2) is 6.61 Å². The van der Waals surface area contributed by atoms with E-state index in [0.29, 0.717) is 23.6 Å². The van der Waals surface area contributed by atoms with Crippen molar-refractivity contribution in [3.63, 3.8) is 0 Å². The number of rotatable bonds is 9. The van der Waals surface area contributed by atoms with Crippen LogP contribution < -0.4 is 10.1 Å². The Morgan fingerprint density at radius 2 is 1.91 bits per heavy atom. The van der Waals surface area contributed by atoms with Gasteiger partial charge in [0.25, 0.3) is 5.91 Å². The number of carbonyl (C=O) groups is 1. The highest BCUT2D eigenvalue weighted by molar-refractivity contribution is 6.30. The first-order valence-electron chi connectivity index (χ1n) is 10.4. The van der Waals surface area contributed by atoms with Crippen LogP contribution in [0.25, 0.3) is 0 Å². The fourth-order valence-electron chi connectivity index (χ4n) is 3.62. The molecule has 0 bridgehead atoms. The predicted molar refractivity (Wildman–Crippen MR) is 108 cm³/mol. The molecule has 1 aromatic rings. The summed E-state index contributed by atoms with van der Waals surface area (Å²) in [5, 5.41) is 14.1. The molecule has 2 N–H and O–H groups in total. The van der Waals surface area contributed by atoms with Crippen molar-refractivity contribution in [1.82, 2.24) is 5.32 Å². The van der Waals surface area contributed by atoms with Crippen molar-refractivity contribution in [3.8, 4) is 5.75 Å². The molecule has 1 saturated carbocycles. The van der Waals surface area contributed by atoms with Crippen LogP contribution in [0.3, 0.4) is 0 Å². The van der Waals surface area contributed by atoms with Gasteiger partial charge in [0.05, 0.1) is 37.6 Å². The van der Waals surface area contributed by atoms with Crippen LogP contribution in [0.4, 0.5) is 13.2 Å². The maximum absolute atomic E-state index is 12.2. The van der Waals surface area contributed by atoms with Crippen molar-refractivity contribution >= 4 is 17.5 Å². The zero-order valence-corrected chi connectivity index (χ0v) is 18.3. The Hall–Kier alpha value is -1.59. The summed E-state index contributed by atoms with van der Waals surface area (Å²) in [4.78, 5) is 12.1. The first-order chi connectivity index (χ1) is 15.0. The average Bonchev–Trinajstić information content (AvgIpc) is 2.69. The van der Waals surface area contributed by atoms with E-state index in [1.165, 1.54) is 0 Å². The lowest BCUT2D eigenvalue weighted by Crippen LogP contribution is -2.53. The highest BCUT2D eigenvalue weighted by atomic mass is 35.5. The molecule has 3 rings (SSSR count). The van der Waals surface area contributed by atoms with Crippen LogP contribution in [0.15, 0.2) is 24.3 Å². The Balaban J connectivity index is 1.32. The lowest BCUT2D eigenvalue weighted by Gasteiger charge is -2.41. The summed E-state index contributed by atoms with van der Waals surface area (Å²) in [6.07, 6.45) is -5.09. The molecule has 1 heterocycles. The fourth-order valence-corrected chi connectivity index (χ4v) is 3.75. The molecule has 0 radical (unpaired) electrons. The molecule has 180 valence electrons. The summed E-state index contributed by atoms with van der Waals surface area (Å²) in [6, 6.07) is 6.46. The van der Waals surface area contributed by atoms with Gasteiger partial charge in [-0.25, -0.2) is 0 Å². The van der Waals surface area contributed by atoms with Crippen molar-refractivity contribution in [2.45, 2.75) is 68.9 Å². The summed E-state index contributed by atoms with van der Waals surface area (Å²) >= 11 is 5.80. The third-order valence-electron chi connectivity index (χ3n) is 5.48. The molecule has 1 unspecified atom stereocenters. The van der Waals surface area contributed by atoms with Crippen LogP contribution in [0.1, 0.15) is 32.6 Å². The largest absolute Gasteiger partial charge is 0.522 e. The number of nitrogens with one attached hydrogen (secondary N) is 1. The van der Waals surface area contributed by atoms with E-state index in [0.717, 1.165) is 0 Å². The van der Waals surface area contributed by atoms with Crippen molar-refractivity contribution in [2.75, 3.05) is 19.8 Å². The molecule has 7 nitrogen and oxygen atoms in total. The quantitative estimate of drug-likeness (QED) is 0.563. The molecule has 1 saturated heterocycles. The number of amides is 1. The molecule has 0 aromatic heterocycles. The number of ether oxygens (including phenoxy) is 4. The SMILES string of the molecule is CC(O)(COC1CC(OC(F)(F)F)C1)[C@H]1CC[C@H](NC(=O)COc2ccc(Cl)cc2)CO1. The summed E-state index contributed by atoms with van der Waals surface area (Å²) < 4.78 is 57.1. The molecule has 0 spiro atoms. The second-order valence-electron chi connectivity index (χ2n) is 8.35. The topological polar surface area (TPSA) is 86.2 Å². The summed E-state index contributed by atoms with van der Waals surface area (Å²) in [5.74, 6) is 0.242. The van der Waals surface area contributed by atoms with Crippen molar-refractivity contribution in [2.24, 2.45) is 0 Å². The van der Waals surface area contributed by atoms with Gasteiger partial charge in [0, 0.05) is 17.9 Å². The Kier molecular flexibility index (Phi) is 8.26. The number of halogens is 4. The molecule has 1 aliphatic carbocycles. The Labute approximate surface area is 189 Å². The van der Waals surface area contributed by atoms with Crippen LogP contribution in [-0.2, 0) is 19.0 Å². The highest BCUT2D eigenvalue weighted by Crippen LogP contribution is 2.33. The number of hydrogen-bond acceptors (Lipinski definition) is 6. The molecular formula is C21H27ClF3NO6. The highest BCUT2D eigenvalue weighted by Gasteiger charge is 2.42. The molecular weight excluding hydrogens is 455 g/mol. The zero-order valence-electron chi connectivity index (χ0n) is 17.6. The van der Waals surface area contributed by atoms with E-state index in [4.69, 9.17) is 25.8 Å². The number of alkyl halides is 3. The van der Waals surface area contributed by atoms with E-state index in [1.54, 1.807) is 31.2 Å². The number of aliphatic hydroxyl groups is 1. The minimum atomic E-state index is -4.65. The second kappa shape index (κ2) is 10.6. The van der Waals surface area contributed by atoms with Gasteiger partial charge in [-0.2, -0.15) is 0 Å². The van der Waals surface area contributed by atoms with Gasteiger partial charge in [-0.1, -0.05) is 11.6 Å². The predicted octanol–water partition coefficient (Wildman–Crippen LogP) is 3.22. The Morgan fingerprint density at radius 3 is 2.50 bits per heavy atom. The first kappa shape index (κ1) is 25.0. The summed E-state index contributed by atoms with van der Waals surface area (Å²) in [7, 11) is 0. The minimum Gasteiger partial charge on any atom is -0.484 e. The van der Waals surface area contributed by atoms with Crippen molar-refractivity contribution in [3.05, 3.63) is 29.3 Å². The van der Waals surface area contributed by atoms with Crippen LogP contribution >= 0.6 is 11.6 Å². The fraction of sp³-hybridized carbons (Fsp3) is 0.667. The van der Waals surface area contributed by atoms with E-state index in [1.807, 2.05) is 0 Å². The van der Waals surface area contributed by atoms with E-state index < -0.39 is 24.2 Å². The molecule has 32 heavy (non-hydrogen) atoms. The van der Waals surface area contributed by atoms with Crippen LogP contribution in [-0.4, -0.2) is 67.2 Å². The van der Waals surface area contributed by atoms with Gasteiger partial charge in [-0.15, -0.1) is 13.2 Å². The number of benzene rings is 1. The van der Waals surface area contributed by atoms with E-state index in [9.17, 15) is 23.1 Å². The molecule has 3 atom stereocenters. The Morgan fingerprint density at radius 1 is 1.22 bits per heavy atom. The third kappa shape index (κ3) is 7.77. The van der Waals surface area contributed by atoms with Crippen molar-refractivity contribution < 1.29 is 42.0 Å². The van der Waals surface area contributed by atoms with E-state index in [2.05, 4.69) is 10.1 Å². The standard InChI is InChI=1S/C21H27ClF3NO6/c1-20(28,12-31-16-8-17(9-16)32-21(23,24)25)18-7-4-14(10-30-18)26-19(27)11-29-15-5-2-13(22)3-6-15/h2-3,5-6,14,16-18,28H,4,7-12H2,1H3,(H,26,27)/t14-,16?,17?,18+,20?/m0/s1. The van der Waals surface area contributed by atoms with Crippen LogP contribution in [0, 0.1) is 0 Å². The first-order valence-corrected chi connectivity index (χ1v) is 10.8. The van der Waals surface area contributed by atoms with E-state index in [-0.39, 0.29) is 50.7 Å². The monoisotopic (exact) mass is 481 g/mol. The zero-order chi connectivity index (χ0) is 23.4. The molecule has 2 aliphatic rings. The molecule has 11 heteroatoms. The second-order valence-corrected chi connectivity index (χ2v) is 8.79. The maximum atomic E-state index is 12.2. The molecule has 1 aliphatic heterocycles. The normalized spacial score (nSPS) is 27.8. The lowest BCUT2D eigenvalue weighted by atomic mass is 9.90. The molecule has 1 aromatic carbocycles. The van der Waals surface area contributed by atoms with Gasteiger partial charge in [-0.3, -0.25) is 9.53 Å². The lowest BCUT2D eigenvalue weighted by molar-refractivity contribution is -0.358. The third-order valence-corrected chi connectivity index (χ3v) is 5.73. The van der Waals surface area contributed by atoms with Gasteiger partial charge in [0.1, 0.15) is 11.4 Å². The number of carbonyl (C=O) groups excluding carboxylic acids is 1. The smallest absolute Gasteiger partial charge is 0.484 e. The van der Waals surface area contributed by atoms with E-state index >= 15 is 0 Å². The van der Waals surface area contributed by atoms with Gasteiger partial charge in [-0.05, 0) is 44.0 Å². The average molecular weight is 482 g/mol. The molecule has 1 amide bonds. The number of hydrogen-bond donors (Lipinski definition) is 2. The van der Waals surface area contributed by atoms with Gasteiger partial charge < -0.3 is 24.6 Å². The summed E-state index contributed by atoms with van der Waals surface area (Å²) in [5.41, 5.74) is -1.30. The minimum absolute atomic E-state index is 0.0625. The summed E-state index contributed by atoms with van der Waals surface area (Å²) in [6.45, 7) is 1.58. The van der Waals surface area contributed by atoms with Gasteiger partial charge >= 0.3 is 6.36 Å². The van der Waals surface area contributed by atoms with Crippen LogP contribution in [0.5, 0.6) is 5.75 Å².